The number of hydrogen-bond donors (Lipinski definition) is 1. The summed E-state index contributed by atoms with van der Waals surface area (Å²) in [5, 5.41) is 13.2. The average Bonchev–Trinajstić information content (AvgIpc) is 3.32. The Hall–Kier alpha value is -3.37. The van der Waals surface area contributed by atoms with Gasteiger partial charge in [0.2, 0.25) is 0 Å². The summed E-state index contributed by atoms with van der Waals surface area (Å²) in [6, 6.07) is 9.07. The number of ether oxygens (including phenoxy) is 2. The number of rotatable bonds is 5. The van der Waals surface area contributed by atoms with E-state index in [1.165, 1.54) is 34.9 Å². The van der Waals surface area contributed by atoms with Gasteiger partial charge in [-0.25, -0.2) is 0 Å². The van der Waals surface area contributed by atoms with Gasteiger partial charge in [0.05, 0.1) is 24.3 Å². The quantitative estimate of drug-likeness (QED) is 0.196. The zero-order chi connectivity index (χ0) is 30.4. The summed E-state index contributed by atoms with van der Waals surface area (Å²) in [6.07, 6.45) is 7.15. The van der Waals surface area contributed by atoms with E-state index in [-0.39, 0.29) is 23.7 Å². The van der Waals surface area contributed by atoms with Crippen molar-refractivity contribution in [2.75, 3.05) is 37.8 Å². The third-order valence-electron chi connectivity index (χ3n) is 11.3. The minimum Gasteiger partial charge on any atom is -0.458 e. The van der Waals surface area contributed by atoms with E-state index in [2.05, 4.69) is 66.1 Å². The van der Waals surface area contributed by atoms with Gasteiger partial charge in [-0.3, -0.25) is 9.59 Å². The average molecular weight is 585 g/mol. The zero-order valence-corrected chi connectivity index (χ0v) is 25.9. The van der Waals surface area contributed by atoms with Crippen molar-refractivity contribution in [3.8, 4) is 11.8 Å². The summed E-state index contributed by atoms with van der Waals surface area (Å²) < 4.78 is 10.9. The third kappa shape index (κ3) is 4.92. The molecule has 6 rings (SSSR count). The molecule has 1 aromatic carbocycles. The molecular formula is C36H44N2O5. The van der Waals surface area contributed by atoms with Crippen molar-refractivity contribution in [1.82, 2.24) is 0 Å². The second-order valence-corrected chi connectivity index (χ2v) is 13.4. The summed E-state index contributed by atoms with van der Waals surface area (Å²) in [6.45, 7) is 10.8. The molecule has 0 amide bonds. The number of anilines is 1. The number of fused-ring (bicyclic) bond motifs is 4. The van der Waals surface area contributed by atoms with Gasteiger partial charge in [-0.15, -0.1) is 5.92 Å². The minimum atomic E-state index is -0.854. The Kier molecular flexibility index (Phi) is 8.02. The fourth-order valence-electron chi connectivity index (χ4n) is 9.34. The molecule has 5 aliphatic rings. The number of carbonyl (C=O) groups excluding carboxylic acids is 2. The van der Waals surface area contributed by atoms with Crippen LogP contribution in [0, 0.1) is 40.4 Å². The highest BCUT2D eigenvalue weighted by Crippen LogP contribution is 2.70. The van der Waals surface area contributed by atoms with Crippen LogP contribution in [-0.4, -0.2) is 55.6 Å². The van der Waals surface area contributed by atoms with E-state index in [9.17, 15) is 14.8 Å². The smallest absolute Gasteiger partial charge is 0.303 e. The molecule has 0 radical (unpaired) electrons. The van der Waals surface area contributed by atoms with Crippen molar-refractivity contribution in [3.05, 3.63) is 52.6 Å². The molecule has 0 spiro atoms. The first-order valence-electron chi connectivity index (χ1n) is 15.9. The van der Waals surface area contributed by atoms with E-state index in [1.807, 2.05) is 6.92 Å². The zero-order valence-electron chi connectivity index (χ0n) is 25.9. The van der Waals surface area contributed by atoms with Gasteiger partial charge in [0.25, 0.3) is 0 Å². The van der Waals surface area contributed by atoms with Crippen LogP contribution < -0.4 is 4.90 Å². The first kappa shape index (κ1) is 29.7. The molecule has 7 heteroatoms. The third-order valence-corrected chi connectivity index (χ3v) is 11.3. The van der Waals surface area contributed by atoms with Gasteiger partial charge < -0.3 is 19.6 Å². The second-order valence-electron chi connectivity index (χ2n) is 13.4. The molecule has 0 aromatic heterocycles. The number of allylic oxidation sites excluding steroid dienone is 4. The Balaban J connectivity index is 1.47. The summed E-state index contributed by atoms with van der Waals surface area (Å²) in [7, 11) is 0. The molecule has 2 saturated carbocycles. The Morgan fingerprint density at radius 2 is 1.93 bits per heavy atom. The number of ketones is 1. The topological polar surface area (TPSA) is 88.4 Å². The summed E-state index contributed by atoms with van der Waals surface area (Å²) in [5.74, 6) is 7.17. The van der Waals surface area contributed by atoms with Crippen molar-refractivity contribution < 1.29 is 24.3 Å². The Bertz CT molecular complexity index is 1440. The summed E-state index contributed by atoms with van der Waals surface area (Å²) in [4.78, 5) is 28.1. The molecule has 7 nitrogen and oxygen atoms in total. The number of carbonyl (C=O) groups is 2. The Labute approximate surface area is 255 Å². The normalized spacial score (nSPS) is 34.4. The highest BCUT2D eigenvalue weighted by molar-refractivity contribution is 5.97. The highest BCUT2D eigenvalue weighted by Gasteiger charge is 2.65. The van der Waals surface area contributed by atoms with Crippen molar-refractivity contribution >= 4 is 23.2 Å². The molecule has 1 unspecified atom stereocenters. The maximum absolute atomic E-state index is 14.1. The monoisotopic (exact) mass is 584 g/mol. The van der Waals surface area contributed by atoms with Crippen LogP contribution in [-0.2, 0) is 19.1 Å². The van der Waals surface area contributed by atoms with Crippen LogP contribution in [0.25, 0.3) is 0 Å². The van der Waals surface area contributed by atoms with E-state index in [4.69, 9.17) is 9.47 Å². The minimum absolute atomic E-state index is 0.0644. The van der Waals surface area contributed by atoms with Gasteiger partial charge >= 0.3 is 5.97 Å². The van der Waals surface area contributed by atoms with E-state index < -0.39 is 11.4 Å². The van der Waals surface area contributed by atoms with Crippen LogP contribution >= 0.6 is 0 Å². The molecule has 43 heavy (non-hydrogen) atoms. The highest BCUT2D eigenvalue weighted by atomic mass is 16.5. The van der Waals surface area contributed by atoms with Gasteiger partial charge in [0, 0.05) is 31.6 Å². The lowest BCUT2D eigenvalue weighted by Crippen LogP contribution is -2.52. The van der Waals surface area contributed by atoms with Crippen molar-refractivity contribution in [2.24, 2.45) is 33.7 Å². The number of nitrogens with zero attached hydrogens (tertiary/aromatic N) is 2. The lowest BCUT2D eigenvalue weighted by atomic mass is 9.47. The molecule has 4 aliphatic carbocycles. The number of benzene rings is 1. The molecule has 228 valence electrons. The van der Waals surface area contributed by atoms with Crippen molar-refractivity contribution in [2.45, 2.75) is 72.1 Å². The fraction of sp³-hybridized carbons (Fsp3) is 0.583. The van der Waals surface area contributed by atoms with Gasteiger partial charge in [0.15, 0.2) is 12.4 Å². The van der Waals surface area contributed by atoms with Crippen molar-refractivity contribution in [3.63, 3.8) is 0 Å². The van der Waals surface area contributed by atoms with Crippen molar-refractivity contribution in [1.29, 1.82) is 0 Å². The molecular weight excluding hydrogens is 540 g/mol. The predicted octanol–water partition coefficient (Wildman–Crippen LogP) is 6.07. The number of Topliss-reactive ketones (excluding diaryl/α,β-unsaturated/α-hetero) is 1. The van der Waals surface area contributed by atoms with E-state index >= 15 is 0 Å². The van der Waals surface area contributed by atoms with Crippen LogP contribution in [0.15, 0.2) is 52.2 Å². The van der Waals surface area contributed by atoms with Crippen LogP contribution in [0.5, 0.6) is 0 Å². The molecule has 1 heterocycles. The predicted molar refractivity (Wildman–Crippen MR) is 166 cm³/mol. The maximum Gasteiger partial charge on any atom is 0.303 e. The van der Waals surface area contributed by atoms with Crippen LogP contribution in [0.2, 0.25) is 0 Å². The van der Waals surface area contributed by atoms with E-state index in [0.717, 1.165) is 64.1 Å². The van der Waals surface area contributed by atoms with Crippen LogP contribution in [0.4, 0.5) is 5.69 Å². The number of hydrogen-bond acceptors (Lipinski definition) is 7. The first-order chi connectivity index (χ1) is 20.7. The van der Waals surface area contributed by atoms with E-state index in [0.29, 0.717) is 24.2 Å². The van der Waals surface area contributed by atoms with Crippen LogP contribution in [0.3, 0.4) is 0 Å². The summed E-state index contributed by atoms with van der Waals surface area (Å²) in [5.41, 5.74) is 6.29. The van der Waals surface area contributed by atoms with Gasteiger partial charge in [-0.05, 0) is 104 Å². The molecule has 1 N–H and O–H groups in total. The Morgan fingerprint density at radius 3 is 2.60 bits per heavy atom. The molecule has 0 bridgehead atoms. The van der Waals surface area contributed by atoms with Gasteiger partial charge in [-0.1, -0.05) is 42.6 Å². The second kappa shape index (κ2) is 11.6. The largest absolute Gasteiger partial charge is 0.458 e. The van der Waals surface area contributed by atoms with Crippen LogP contribution in [0.1, 0.15) is 77.7 Å². The summed E-state index contributed by atoms with van der Waals surface area (Å²) >= 11 is 0. The lowest BCUT2D eigenvalue weighted by Gasteiger charge is -2.55. The molecule has 1 aromatic rings. The number of esters is 1. The first-order valence-corrected chi connectivity index (χ1v) is 15.9. The van der Waals surface area contributed by atoms with Gasteiger partial charge in [0.1, 0.15) is 0 Å². The fourth-order valence-corrected chi connectivity index (χ4v) is 9.34. The molecule has 1 saturated heterocycles. The molecule has 6 atom stereocenters. The maximum atomic E-state index is 14.1. The number of morpholine rings is 1. The number of oxime groups is 1. The Morgan fingerprint density at radius 1 is 1.19 bits per heavy atom. The molecule has 3 fully saturated rings. The lowest BCUT2D eigenvalue weighted by molar-refractivity contribution is -0.150. The molecule has 1 aliphatic heterocycles. The SMILES string of the molecule is CC#C[C@]1(C(=O)COC(C)=O)CC[C@H]2[C@@H]3CC(C)C4=CC(=NO)CCC4=C3[C@@H](c3ccc(N4CCOCC4)cc3)C[C@@]21C. The van der Waals surface area contributed by atoms with Gasteiger partial charge in [-0.2, -0.15) is 0 Å². The van der Waals surface area contributed by atoms with E-state index in [1.54, 1.807) is 0 Å². The standard InChI is InChI=1S/C36H44N2O5/c1-5-13-36(33(40)22-43-24(3)39)14-12-32-30-19-23(2)29-20-26(37-41)8-11-28(29)34(30)31(21-35(32,36)4)25-6-9-27(10-7-25)38-15-17-42-18-16-38/h6-7,9-10,20,23,30-32,41H,8,11-12,14-19,21-22H2,1-4H3/t23?,30-,31+,32-,35-,36+/m0/s1.